The third-order valence-corrected chi connectivity index (χ3v) is 5.42. The van der Waals surface area contributed by atoms with Gasteiger partial charge in [-0.2, -0.15) is 0 Å². The molecule has 0 unspecified atom stereocenters. The molecule has 3 aromatic rings. The van der Waals surface area contributed by atoms with Crippen LogP contribution >= 0.6 is 0 Å². The van der Waals surface area contributed by atoms with Gasteiger partial charge in [-0.05, 0) is 52.1 Å². The van der Waals surface area contributed by atoms with Crippen molar-refractivity contribution >= 4 is 28.7 Å². The van der Waals surface area contributed by atoms with Gasteiger partial charge in [-0.3, -0.25) is 4.79 Å². The number of nitrogens with zero attached hydrogens (tertiary/aromatic N) is 1. The normalized spacial score (nSPS) is 11.0. The Labute approximate surface area is 189 Å². The van der Waals surface area contributed by atoms with E-state index in [9.17, 15) is 9.59 Å². The van der Waals surface area contributed by atoms with Gasteiger partial charge in [0.25, 0.3) is 0 Å². The van der Waals surface area contributed by atoms with Gasteiger partial charge in [-0.25, -0.2) is 4.79 Å². The fraction of sp³-hybridized carbons (Fsp3) is 0.259. The van der Waals surface area contributed by atoms with Crippen molar-refractivity contribution in [1.29, 1.82) is 0 Å². The molecule has 0 radical (unpaired) electrons. The van der Waals surface area contributed by atoms with Crippen molar-refractivity contribution < 1.29 is 19.1 Å². The van der Waals surface area contributed by atoms with Crippen LogP contribution in [-0.4, -0.2) is 45.1 Å². The predicted octanol–water partition coefficient (Wildman–Crippen LogP) is 5.11. The van der Waals surface area contributed by atoms with Crippen molar-refractivity contribution in [2.24, 2.45) is 0 Å². The van der Waals surface area contributed by atoms with E-state index in [4.69, 9.17) is 9.47 Å². The van der Waals surface area contributed by atoms with Crippen LogP contribution in [0, 0.1) is 0 Å². The van der Waals surface area contributed by atoms with E-state index in [1.807, 2.05) is 12.1 Å². The number of carbonyl (C=O) groups excluding carboxylic acids is 2. The van der Waals surface area contributed by atoms with Crippen LogP contribution in [0.2, 0.25) is 0 Å². The molecule has 0 aromatic heterocycles. The third kappa shape index (κ3) is 5.55. The SMILES string of the molecule is COC(=O)c1ccc(Cc2cccc3ccc(C=CCCC(=O)N(C)C)cc23)c(OC)c1. The molecule has 166 valence electrons. The van der Waals surface area contributed by atoms with E-state index in [1.54, 1.807) is 38.2 Å². The number of rotatable bonds is 8. The summed E-state index contributed by atoms with van der Waals surface area (Å²) in [5.74, 6) is 0.401. The highest BCUT2D eigenvalue weighted by atomic mass is 16.5. The molecule has 0 fully saturated rings. The Morgan fingerprint density at radius 3 is 2.50 bits per heavy atom. The lowest BCUT2D eigenvalue weighted by Crippen LogP contribution is -2.20. The van der Waals surface area contributed by atoms with Crippen LogP contribution in [0.3, 0.4) is 0 Å². The summed E-state index contributed by atoms with van der Waals surface area (Å²) in [4.78, 5) is 25.2. The first-order valence-corrected chi connectivity index (χ1v) is 10.6. The van der Waals surface area contributed by atoms with Crippen molar-refractivity contribution in [3.63, 3.8) is 0 Å². The largest absolute Gasteiger partial charge is 0.496 e. The molecular weight excluding hydrogens is 402 g/mol. The van der Waals surface area contributed by atoms with Gasteiger partial charge in [-0.1, -0.05) is 48.6 Å². The van der Waals surface area contributed by atoms with Crippen LogP contribution < -0.4 is 4.74 Å². The topological polar surface area (TPSA) is 55.8 Å². The maximum absolute atomic E-state index is 11.8. The second kappa shape index (κ2) is 10.6. The molecule has 0 bridgehead atoms. The number of amides is 1. The van der Waals surface area contributed by atoms with Crippen LogP contribution in [-0.2, 0) is 16.0 Å². The van der Waals surface area contributed by atoms with E-state index >= 15 is 0 Å². The van der Waals surface area contributed by atoms with Gasteiger partial charge >= 0.3 is 5.97 Å². The molecule has 0 aliphatic rings. The Morgan fingerprint density at radius 2 is 1.78 bits per heavy atom. The number of methoxy groups -OCH3 is 2. The first-order valence-electron chi connectivity index (χ1n) is 10.6. The van der Waals surface area contributed by atoms with Crippen LogP contribution in [0.25, 0.3) is 16.8 Å². The fourth-order valence-electron chi connectivity index (χ4n) is 3.60. The lowest BCUT2D eigenvalue weighted by atomic mass is 9.96. The average Bonchev–Trinajstić information content (AvgIpc) is 2.81. The summed E-state index contributed by atoms with van der Waals surface area (Å²) in [6.45, 7) is 0. The molecule has 5 heteroatoms. The molecular formula is C27H29NO4. The maximum atomic E-state index is 11.8. The lowest BCUT2D eigenvalue weighted by molar-refractivity contribution is -0.128. The Hall–Kier alpha value is -3.60. The molecule has 3 aromatic carbocycles. The number of esters is 1. The molecule has 0 heterocycles. The number of carbonyl (C=O) groups is 2. The quantitative estimate of drug-likeness (QED) is 0.465. The van der Waals surface area contributed by atoms with Crippen LogP contribution in [0.15, 0.2) is 60.7 Å². The molecule has 0 atom stereocenters. The Morgan fingerprint density at radius 1 is 0.969 bits per heavy atom. The summed E-state index contributed by atoms with van der Waals surface area (Å²) in [5, 5.41) is 2.32. The minimum atomic E-state index is -0.385. The van der Waals surface area contributed by atoms with Gasteiger partial charge in [0.15, 0.2) is 0 Å². The number of hydrogen-bond acceptors (Lipinski definition) is 4. The number of ether oxygens (including phenoxy) is 2. The highest BCUT2D eigenvalue weighted by Gasteiger charge is 2.12. The minimum Gasteiger partial charge on any atom is -0.496 e. The molecule has 0 N–H and O–H groups in total. The molecule has 32 heavy (non-hydrogen) atoms. The Balaban J connectivity index is 1.85. The van der Waals surface area contributed by atoms with Gasteiger partial charge in [0.2, 0.25) is 5.91 Å². The number of hydrogen-bond donors (Lipinski definition) is 0. The second-order valence-electron chi connectivity index (χ2n) is 7.82. The zero-order valence-electron chi connectivity index (χ0n) is 19.1. The van der Waals surface area contributed by atoms with Crippen molar-refractivity contribution in [3.05, 3.63) is 82.9 Å². The molecule has 0 saturated heterocycles. The van der Waals surface area contributed by atoms with Gasteiger partial charge in [-0.15, -0.1) is 0 Å². The van der Waals surface area contributed by atoms with Gasteiger partial charge < -0.3 is 14.4 Å². The smallest absolute Gasteiger partial charge is 0.337 e. The summed E-state index contributed by atoms with van der Waals surface area (Å²) in [6, 6.07) is 18.0. The third-order valence-electron chi connectivity index (χ3n) is 5.42. The van der Waals surface area contributed by atoms with Crippen molar-refractivity contribution in [3.8, 4) is 5.75 Å². The highest BCUT2D eigenvalue weighted by Crippen LogP contribution is 2.28. The monoisotopic (exact) mass is 431 g/mol. The summed E-state index contributed by atoms with van der Waals surface area (Å²) < 4.78 is 10.3. The minimum absolute atomic E-state index is 0.127. The first kappa shape index (κ1) is 23.1. The number of benzene rings is 3. The van der Waals surface area contributed by atoms with Crippen LogP contribution in [0.5, 0.6) is 5.75 Å². The van der Waals surface area contributed by atoms with Crippen molar-refractivity contribution in [1.82, 2.24) is 4.90 Å². The van der Waals surface area contributed by atoms with E-state index in [1.165, 1.54) is 12.7 Å². The van der Waals surface area contributed by atoms with E-state index < -0.39 is 0 Å². The van der Waals surface area contributed by atoms with Crippen molar-refractivity contribution in [2.75, 3.05) is 28.3 Å². The van der Waals surface area contributed by atoms with Crippen LogP contribution in [0.1, 0.15) is 39.9 Å². The number of fused-ring (bicyclic) bond motifs is 1. The molecule has 0 aliphatic carbocycles. The Kier molecular flexibility index (Phi) is 7.66. The summed E-state index contributed by atoms with van der Waals surface area (Å²) in [6.07, 6.45) is 5.99. The molecule has 0 aliphatic heterocycles. The Bertz CT molecular complexity index is 1150. The van der Waals surface area contributed by atoms with Gasteiger partial charge in [0.1, 0.15) is 5.75 Å². The summed E-state index contributed by atoms with van der Waals surface area (Å²) in [7, 11) is 6.52. The van der Waals surface area contributed by atoms with Crippen LogP contribution in [0.4, 0.5) is 0 Å². The second-order valence-corrected chi connectivity index (χ2v) is 7.82. The summed E-state index contributed by atoms with van der Waals surface area (Å²) >= 11 is 0. The van der Waals surface area contributed by atoms with Crippen molar-refractivity contribution in [2.45, 2.75) is 19.3 Å². The van der Waals surface area contributed by atoms with E-state index in [0.717, 1.165) is 21.9 Å². The standard InChI is InChI=1S/C27H29NO4/c1-28(2)26(29)11-6-5-8-19-12-13-20-9-7-10-21(24(20)16-19)17-22-14-15-23(27(30)32-4)18-25(22)31-3/h5,7-10,12-16,18H,6,11,17H2,1-4H3. The highest BCUT2D eigenvalue weighted by molar-refractivity contribution is 5.90. The predicted molar refractivity (Wildman–Crippen MR) is 128 cm³/mol. The molecule has 1 amide bonds. The first-order chi connectivity index (χ1) is 15.4. The molecule has 3 rings (SSSR count). The van der Waals surface area contributed by atoms with E-state index in [0.29, 0.717) is 30.6 Å². The van der Waals surface area contributed by atoms with Gasteiger partial charge in [0, 0.05) is 26.9 Å². The summed E-state index contributed by atoms with van der Waals surface area (Å²) in [5.41, 5.74) is 3.72. The number of allylic oxidation sites excluding steroid dienone is 1. The lowest BCUT2D eigenvalue weighted by Gasteiger charge is -2.12. The molecule has 0 saturated carbocycles. The fourth-order valence-corrected chi connectivity index (χ4v) is 3.60. The maximum Gasteiger partial charge on any atom is 0.337 e. The zero-order chi connectivity index (χ0) is 23.1. The molecule has 5 nitrogen and oxygen atoms in total. The van der Waals surface area contributed by atoms with E-state index in [-0.39, 0.29) is 11.9 Å². The average molecular weight is 432 g/mol. The van der Waals surface area contributed by atoms with E-state index in [2.05, 4.69) is 42.5 Å². The molecule has 0 spiro atoms. The van der Waals surface area contributed by atoms with Gasteiger partial charge in [0.05, 0.1) is 19.8 Å². The zero-order valence-corrected chi connectivity index (χ0v) is 19.1.